The molecule has 1 heterocycles. The number of aliphatic hydroxyl groups is 1. The molecule has 1 aliphatic heterocycles. The molecule has 1 aromatic carbocycles. The number of likely N-dealkylation sites (N-methyl/N-ethyl adjacent to an activating group) is 1. The van der Waals surface area contributed by atoms with Crippen molar-refractivity contribution in [2.75, 3.05) is 33.9 Å². The van der Waals surface area contributed by atoms with Gasteiger partial charge in [0.15, 0.2) is 12.3 Å². The lowest BCUT2D eigenvalue weighted by Gasteiger charge is -2.34. The zero-order valence-corrected chi connectivity index (χ0v) is 17.3. The molecule has 29 heavy (non-hydrogen) atoms. The van der Waals surface area contributed by atoms with Gasteiger partial charge in [-0.1, -0.05) is 43.2 Å². The van der Waals surface area contributed by atoms with Gasteiger partial charge in [0.1, 0.15) is 13.2 Å². The molecule has 1 aliphatic carbocycles. The molecule has 1 atom stereocenters. The predicted molar refractivity (Wildman–Crippen MR) is 106 cm³/mol. The summed E-state index contributed by atoms with van der Waals surface area (Å²) in [5.74, 6) is -1.08. The van der Waals surface area contributed by atoms with Crippen LogP contribution in [0.25, 0.3) is 0 Å². The van der Waals surface area contributed by atoms with E-state index in [1.807, 2.05) is 32.3 Å². The average molecular weight is 403 g/mol. The molecule has 7 heteroatoms. The summed E-state index contributed by atoms with van der Waals surface area (Å²) in [6.07, 6.45) is 4.10. The van der Waals surface area contributed by atoms with E-state index in [0.29, 0.717) is 16.6 Å². The Morgan fingerprint density at radius 2 is 1.72 bits per heavy atom. The lowest BCUT2D eigenvalue weighted by atomic mass is 9.80. The van der Waals surface area contributed by atoms with Crippen molar-refractivity contribution in [2.24, 2.45) is 5.92 Å². The number of quaternary nitrogens is 1. The minimum absolute atomic E-state index is 0.101. The van der Waals surface area contributed by atoms with Crippen LogP contribution in [-0.2, 0) is 24.7 Å². The lowest BCUT2D eigenvalue weighted by Crippen LogP contribution is -2.52. The topological polar surface area (TPSA) is 83.9 Å². The van der Waals surface area contributed by atoms with Crippen molar-refractivity contribution in [3.05, 3.63) is 35.9 Å². The summed E-state index contributed by atoms with van der Waals surface area (Å²) in [6, 6.07) is 9.01. The minimum atomic E-state index is -1.64. The van der Waals surface area contributed by atoms with Gasteiger partial charge in [-0.05, 0) is 18.4 Å². The van der Waals surface area contributed by atoms with Crippen LogP contribution in [0.3, 0.4) is 0 Å². The van der Waals surface area contributed by atoms with Crippen LogP contribution >= 0.6 is 0 Å². The molecule has 1 saturated carbocycles. The van der Waals surface area contributed by atoms with Crippen molar-refractivity contribution >= 4 is 17.8 Å². The van der Waals surface area contributed by atoms with Crippen LogP contribution in [0.1, 0.15) is 44.1 Å². The third kappa shape index (κ3) is 4.67. The first kappa shape index (κ1) is 21.5. The zero-order chi connectivity index (χ0) is 21.1. The average Bonchev–Trinajstić information content (AvgIpc) is 3.34. The Balaban J connectivity index is 1.63. The number of hydrogen-bond donors (Lipinski definition) is 1. The van der Waals surface area contributed by atoms with E-state index in [0.717, 1.165) is 25.7 Å². The van der Waals surface area contributed by atoms with Crippen LogP contribution in [0, 0.1) is 5.92 Å². The summed E-state index contributed by atoms with van der Waals surface area (Å²) in [5, 5.41) is 11.4. The number of ether oxygens (including phenoxy) is 1. The first-order valence-electron chi connectivity index (χ1n) is 10.3. The van der Waals surface area contributed by atoms with Crippen LogP contribution in [0.5, 0.6) is 0 Å². The highest BCUT2D eigenvalue weighted by molar-refractivity contribution is 6.01. The molecule has 3 rings (SSSR count). The van der Waals surface area contributed by atoms with Crippen molar-refractivity contribution in [1.82, 2.24) is 4.90 Å². The van der Waals surface area contributed by atoms with E-state index in [4.69, 9.17) is 4.74 Å². The smallest absolute Gasteiger partial charge is 0.343 e. The van der Waals surface area contributed by atoms with Gasteiger partial charge in [-0.25, -0.2) is 9.69 Å². The Labute approximate surface area is 171 Å². The molecule has 1 saturated heterocycles. The molecule has 2 fully saturated rings. The normalized spacial score (nSPS) is 20.2. The van der Waals surface area contributed by atoms with Gasteiger partial charge in [-0.15, -0.1) is 0 Å². The molecule has 1 aromatic rings. The summed E-state index contributed by atoms with van der Waals surface area (Å²) in [5.41, 5.74) is -1.07. The Kier molecular flexibility index (Phi) is 6.39. The fraction of sp³-hybridized carbons (Fsp3) is 0.591. The number of imide groups is 1. The molecule has 0 spiro atoms. The second-order valence-electron chi connectivity index (χ2n) is 8.77. The summed E-state index contributed by atoms with van der Waals surface area (Å²) >= 11 is 0. The molecule has 2 aliphatic rings. The van der Waals surface area contributed by atoms with Crippen molar-refractivity contribution in [3.63, 3.8) is 0 Å². The molecule has 2 amide bonds. The van der Waals surface area contributed by atoms with E-state index in [-0.39, 0.29) is 43.8 Å². The predicted octanol–water partition coefficient (Wildman–Crippen LogP) is 1.79. The highest BCUT2D eigenvalue weighted by Crippen LogP contribution is 2.41. The van der Waals surface area contributed by atoms with Crippen molar-refractivity contribution in [3.8, 4) is 0 Å². The monoisotopic (exact) mass is 403 g/mol. The molecular weight excluding hydrogens is 372 g/mol. The molecule has 7 nitrogen and oxygen atoms in total. The van der Waals surface area contributed by atoms with E-state index >= 15 is 0 Å². The second kappa shape index (κ2) is 8.63. The highest BCUT2D eigenvalue weighted by Gasteiger charge is 2.48. The molecule has 0 bridgehead atoms. The number of amides is 2. The van der Waals surface area contributed by atoms with E-state index in [1.54, 1.807) is 12.1 Å². The minimum Gasteiger partial charge on any atom is -0.457 e. The van der Waals surface area contributed by atoms with E-state index < -0.39 is 11.6 Å². The molecule has 158 valence electrons. The third-order valence-electron chi connectivity index (χ3n) is 6.08. The summed E-state index contributed by atoms with van der Waals surface area (Å²) < 4.78 is 5.87. The zero-order valence-electron chi connectivity index (χ0n) is 17.3. The Morgan fingerprint density at radius 3 is 2.31 bits per heavy atom. The fourth-order valence-electron chi connectivity index (χ4n) is 4.29. The quantitative estimate of drug-likeness (QED) is 0.406. The number of esters is 1. The van der Waals surface area contributed by atoms with Gasteiger partial charge in [0.05, 0.1) is 14.1 Å². The number of nitrogens with zero attached hydrogens (tertiary/aromatic N) is 2. The number of likely N-dealkylation sites (tertiary alicyclic amines) is 1. The number of carbonyl (C=O) groups excluding carboxylic acids is 3. The third-order valence-corrected chi connectivity index (χ3v) is 6.08. The number of benzene rings is 1. The van der Waals surface area contributed by atoms with Crippen molar-refractivity contribution < 1.29 is 28.7 Å². The molecular formula is C22H31N2O5+. The van der Waals surface area contributed by atoms with Gasteiger partial charge in [-0.2, -0.15) is 0 Å². The summed E-state index contributed by atoms with van der Waals surface area (Å²) in [4.78, 5) is 38.0. The summed E-state index contributed by atoms with van der Waals surface area (Å²) in [7, 11) is 3.76. The van der Waals surface area contributed by atoms with Crippen molar-refractivity contribution in [1.29, 1.82) is 0 Å². The largest absolute Gasteiger partial charge is 0.457 e. The van der Waals surface area contributed by atoms with Crippen LogP contribution in [0.4, 0.5) is 0 Å². The van der Waals surface area contributed by atoms with E-state index in [1.165, 1.54) is 4.90 Å². The van der Waals surface area contributed by atoms with Gasteiger partial charge < -0.3 is 14.3 Å². The number of hydrogen-bond acceptors (Lipinski definition) is 5. The van der Waals surface area contributed by atoms with Gasteiger partial charge in [-0.3, -0.25) is 9.59 Å². The Bertz CT molecular complexity index is 742. The molecule has 0 unspecified atom stereocenters. The second-order valence-corrected chi connectivity index (χ2v) is 8.77. The number of carbonyl (C=O) groups is 3. The first-order chi connectivity index (χ1) is 13.7. The van der Waals surface area contributed by atoms with Gasteiger partial charge in [0, 0.05) is 18.8 Å². The standard InChI is InChI=1S/C22H31N2O5/c1-24(2,16-23-19(25)12-13-20(23)26)14-15-29-21(27)22(28,18-10-6-7-11-18)17-8-4-3-5-9-17/h3-5,8-9,18,28H,6-7,10-16H2,1-2H3/q+1/t22-/m1/s1. The fourth-order valence-corrected chi connectivity index (χ4v) is 4.29. The van der Waals surface area contributed by atoms with E-state index in [2.05, 4.69) is 0 Å². The SMILES string of the molecule is C[N+](C)(CCOC(=O)[C@@](O)(c1ccccc1)C1CCCC1)CN1C(=O)CCC1=O. The van der Waals surface area contributed by atoms with Gasteiger partial charge >= 0.3 is 5.97 Å². The molecule has 0 aromatic heterocycles. The van der Waals surface area contributed by atoms with E-state index in [9.17, 15) is 19.5 Å². The molecule has 0 radical (unpaired) electrons. The number of rotatable bonds is 8. The maximum Gasteiger partial charge on any atom is 0.343 e. The Morgan fingerprint density at radius 1 is 1.14 bits per heavy atom. The van der Waals surface area contributed by atoms with Crippen molar-refractivity contribution in [2.45, 2.75) is 44.1 Å². The van der Waals surface area contributed by atoms with Crippen LogP contribution in [0.2, 0.25) is 0 Å². The Hall–Kier alpha value is -2.25. The summed E-state index contributed by atoms with van der Waals surface area (Å²) in [6.45, 7) is 0.781. The van der Waals surface area contributed by atoms with Crippen LogP contribution < -0.4 is 0 Å². The van der Waals surface area contributed by atoms with Crippen LogP contribution in [0.15, 0.2) is 30.3 Å². The van der Waals surface area contributed by atoms with Crippen LogP contribution in [-0.4, -0.2) is 66.2 Å². The van der Waals surface area contributed by atoms with Gasteiger partial charge in [0.25, 0.3) is 0 Å². The lowest BCUT2D eigenvalue weighted by molar-refractivity contribution is -0.897. The maximum atomic E-state index is 13.0. The van der Waals surface area contributed by atoms with Gasteiger partial charge in [0.2, 0.25) is 11.8 Å². The highest BCUT2D eigenvalue weighted by atomic mass is 16.5. The maximum absolute atomic E-state index is 13.0. The molecule has 1 N–H and O–H groups in total. The first-order valence-corrected chi connectivity index (χ1v) is 10.3.